The molecular weight excluding hydrogens is 330 g/mol. The molecule has 5 nitrogen and oxygen atoms in total. The molecule has 4 saturated carbocycles. The van der Waals surface area contributed by atoms with Crippen molar-refractivity contribution in [3.05, 3.63) is 24.2 Å². The number of hydrogen-bond donors (Lipinski definition) is 1. The maximum absolute atomic E-state index is 12.3. The van der Waals surface area contributed by atoms with E-state index >= 15 is 0 Å². The van der Waals surface area contributed by atoms with Gasteiger partial charge < -0.3 is 14.5 Å². The number of esters is 1. The highest BCUT2D eigenvalue weighted by atomic mass is 16.5. The van der Waals surface area contributed by atoms with Gasteiger partial charge in [0.1, 0.15) is 5.76 Å². The predicted molar refractivity (Wildman–Crippen MR) is 96.2 cm³/mol. The summed E-state index contributed by atoms with van der Waals surface area (Å²) in [5.74, 6) is 2.79. The quantitative estimate of drug-likeness (QED) is 0.757. The first kappa shape index (κ1) is 17.6. The molecule has 0 radical (unpaired) electrons. The molecule has 5 heteroatoms. The normalized spacial score (nSPS) is 33.0. The van der Waals surface area contributed by atoms with Crippen molar-refractivity contribution < 1.29 is 18.7 Å². The van der Waals surface area contributed by atoms with Crippen LogP contribution in [0.4, 0.5) is 0 Å². The van der Waals surface area contributed by atoms with Crippen molar-refractivity contribution in [1.29, 1.82) is 0 Å². The van der Waals surface area contributed by atoms with E-state index < -0.39 is 0 Å². The number of rotatable bonds is 7. The van der Waals surface area contributed by atoms with Crippen LogP contribution < -0.4 is 5.32 Å². The standard InChI is InChI=1S/C21H29NO4/c1-14(21-10-15-7-16(11-21)9-17(8-15)12-21)22-19(23)13-26-20(24)5-4-18-3-2-6-25-18/h2-3,6,14-17H,4-5,7-13H2,1H3,(H,22,23)/t14-,15?,16?,17?,21?/m1/s1. The lowest BCUT2D eigenvalue weighted by molar-refractivity contribution is -0.149. The largest absolute Gasteiger partial charge is 0.469 e. The molecule has 1 aromatic rings. The van der Waals surface area contributed by atoms with Crippen LogP contribution in [0.25, 0.3) is 0 Å². The van der Waals surface area contributed by atoms with Crippen LogP contribution >= 0.6 is 0 Å². The fourth-order valence-corrected chi connectivity index (χ4v) is 6.04. The van der Waals surface area contributed by atoms with Gasteiger partial charge in [0.25, 0.3) is 5.91 Å². The van der Waals surface area contributed by atoms with Gasteiger partial charge in [0, 0.05) is 12.5 Å². The average molecular weight is 359 g/mol. The number of aryl methyl sites for hydroxylation is 1. The zero-order valence-electron chi connectivity index (χ0n) is 15.5. The molecule has 0 aromatic carbocycles. The van der Waals surface area contributed by atoms with Crippen LogP contribution in [0.5, 0.6) is 0 Å². The Labute approximate surface area is 154 Å². The summed E-state index contributed by atoms with van der Waals surface area (Å²) in [5.41, 5.74) is 0.272. The molecular formula is C21H29NO4. The zero-order valence-corrected chi connectivity index (χ0v) is 15.5. The first-order valence-corrected chi connectivity index (χ1v) is 10.00. The van der Waals surface area contributed by atoms with Gasteiger partial charge in [-0.05, 0) is 80.8 Å². The third kappa shape index (κ3) is 3.67. The van der Waals surface area contributed by atoms with E-state index in [-0.39, 0.29) is 36.4 Å². The fraction of sp³-hybridized carbons (Fsp3) is 0.714. The van der Waals surface area contributed by atoms with E-state index in [1.54, 1.807) is 12.3 Å². The molecule has 4 aliphatic rings. The Hall–Kier alpha value is -1.78. The molecule has 5 rings (SSSR count). The van der Waals surface area contributed by atoms with Gasteiger partial charge in [-0.15, -0.1) is 0 Å². The second-order valence-corrected chi connectivity index (χ2v) is 8.81. The van der Waals surface area contributed by atoms with Crippen LogP contribution in [-0.4, -0.2) is 24.5 Å². The number of carbonyl (C=O) groups excluding carboxylic acids is 2. The smallest absolute Gasteiger partial charge is 0.306 e. The van der Waals surface area contributed by atoms with Gasteiger partial charge in [0.15, 0.2) is 6.61 Å². The number of ether oxygens (including phenoxy) is 1. The lowest BCUT2D eigenvalue weighted by Crippen LogP contribution is -2.56. The summed E-state index contributed by atoms with van der Waals surface area (Å²) in [5, 5.41) is 3.13. The van der Waals surface area contributed by atoms with Crippen molar-refractivity contribution >= 4 is 11.9 Å². The predicted octanol–water partition coefficient (Wildman–Crippen LogP) is 3.48. The van der Waals surface area contributed by atoms with Gasteiger partial charge in [0.05, 0.1) is 12.7 Å². The second kappa shape index (κ2) is 7.09. The van der Waals surface area contributed by atoms with Gasteiger partial charge in [-0.3, -0.25) is 9.59 Å². The Morgan fingerprint density at radius 1 is 1.23 bits per heavy atom. The highest BCUT2D eigenvalue weighted by Crippen LogP contribution is 2.61. The summed E-state index contributed by atoms with van der Waals surface area (Å²) >= 11 is 0. The molecule has 4 aliphatic carbocycles. The van der Waals surface area contributed by atoms with E-state index in [1.165, 1.54) is 38.5 Å². The number of furan rings is 1. The SMILES string of the molecule is C[C@@H](NC(=O)COC(=O)CCc1ccco1)C12CC3CC(CC(C3)C1)C2. The third-order valence-corrected chi connectivity index (χ3v) is 6.90. The highest BCUT2D eigenvalue weighted by molar-refractivity contribution is 5.80. The van der Waals surface area contributed by atoms with E-state index in [4.69, 9.17) is 9.15 Å². The number of nitrogens with one attached hydrogen (secondary N) is 1. The number of hydrogen-bond acceptors (Lipinski definition) is 4. The van der Waals surface area contributed by atoms with Crippen molar-refractivity contribution in [3.8, 4) is 0 Å². The molecule has 0 aliphatic heterocycles. The van der Waals surface area contributed by atoms with Crippen LogP contribution in [0.3, 0.4) is 0 Å². The van der Waals surface area contributed by atoms with Crippen molar-refractivity contribution in [3.63, 3.8) is 0 Å². The van der Waals surface area contributed by atoms with Gasteiger partial charge >= 0.3 is 5.97 Å². The zero-order chi connectivity index (χ0) is 18.1. The molecule has 4 bridgehead atoms. The molecule has 0 saturated heterocycles. The molecule has 26 heavy (non-hydrogen) atoms. The molecule has 142 valence electrons. The summed E-state index contributed by atoms with van der Waals surface area (Å²) in [4.78, 5) is 24.1. The molecule has 0 spiro atoms. The van der Waals surface area contributed by atoms with Gasteiger partial charge in [0.2, 0.25) is 0 Å². The summed E-state index contributed by atoms with van der Waals surface area (Å²) in [7, 11) is 0. The molecule has 1 aromatic heterocycles. The average Bonchev–Trinajstić information content (AvgIpc) is 3.10. The maximum atomic E-state index is 12.3. The van der Waals surface area contributed by atoms with E-state index in [0.717, 1.165) is 23.5 Å². The van der Waals surface area contributed by atoms with Crippen molar-refractivity contribution in [1.82, 2.24) is 5.32 Å². The fourth-order valence-electron chi connectivity index (χ4n) is 6.04. The second-order valence-electron chi connectivity index (χ2n) is 8.81. The van der Waals surface area contributed by atoms with Crippen LogP contribution in [0.15, 0.2) is 22.8 Å². The molecule has 1 atom stereocenters. The van der Waals surface area contributed by atoms with E-state index in [9.17, 15) is 9.59 Å². The summed E-state index contributed by atoms with van der Waals surface area (Å²) in [6, 6.07) is 3.78. The number of carbonyl (C=O) groups is 2. The number of amides is 1. The summed E-state index contributed by atoms with van der Waals surface area (Å²) in [6.45, 7) is 1.96. The van der Waals surface area contributed by atoms with Gasteiger partial charge in [-0.1, -0.05) is 0 Å². The lowest BCUT2D eigenvalue weighted by Gasteiger charge is -2.59. The third-order valence-electron chi connectivity index (χ3n) is 6.90. The first-order chi connectivity index (χ1) is 12.5. The highest BCUT2D eigenvalue weighted by Gasteiger charge is 2.53. The Balaban J connectivity index is 1.22. The first-order valence-electron chi connectivity index (χ1n) is 10.00. The van der Waals surface area contributed by atoms with Crippen LogP contribution in [0, 0.1) is 23.2 Å². The Kier molecular flexibility index (Phi) is 4.80. The van der Waals surface area contributed by atoms with E-state index in [2.05, 4.69) is 12.2 Å². The minimum absolute atomic E-state index is 0.158. The lowest BCUT2D eigenvalue weighted by atomic mass is 9.48. The topological polar surface area (TPSA) is 68.5 Å². The van der Waals surface area contributed by atoms with E-state index in [0.29, 0.717) is 6.42 Å². The molecule has 0 unspecified atom stereocenters. The molecule has 1 heterocycles. The molecule has 1 N–H and O–H groups in total. The minimum atomic E-state index is -0.362. The Morgan fingerprint density at radius 3 is 2.46 bits per heavy atom. The van der Waals surface area contributed by atoms with Crippen molar-refractivity contribution in [2.75, 3.05) is 6.61 Å². The van der Waals surface area contributed by atoms with Crippen LogP contribution in [0.1, 0.15) is 57.6 Å². The van der Waals surface area contributed by atoms with Crippen LogP contribution in [-0.2, 0) is 20.7 Å². The summed E-state index contributed by atoms with van der Waals surface area (Å²) in [6.07, 6.45) is 10.3. The van der Waals surface area contributed by atoms with Gasteiger partial charge in [-0.2, -0.15) is 0 Å². The maximum Gasteiger partial charge on any atom is 0.306 e. The van der Waals surface area contributed by atoms with Gasteiger partial charge in [-0.25, -0.2) is 0 Å². The minimum Gasteiger partial charge on any atom is -0.469 e. The Bertz CT molecular complexity index is 616. The van der Waals surface area contributed by atoms with Crippen molar-refractivity contribution in [2.24, 2.45) is 23.2 Å². The van der Waals surface area contributed by atoms with Crippen LogP contribution in [0.2, 0.25) is 0 Å². The van der Waals surface area contributed by atoms with E-state index in [1.807, 2.05) is 6.07 Å². The summed E-state index contributed by atoms with van der Waals surface area (Å²) < 4.78 is 10.3. The monoisotopic (exact) mass is 359 g/mol. The molecule has 1 amide bonds. The van der Waals surface area contributed by atoms with Crippen molar-refractivity contribution in [2.45, 2.75) is 64.3 Å². The molecule has 4 fully saturated rings. The Morgan fingerprint density at radius 2 is 1.88 bits per heavy atom.